The van der Waals surface area contributed by atoms with Gasteiger partial charge in [0, 0.05) is 49.3 Å². The number of nitrogens with one attached hydrogen (secondary N) is 14. The van der Waals surface area contributed by atoms with E-state index < -0.39 is 298 Å². The molecule has 28 N–H and O–H groups in total. The molecule has 4 rings (SSSR count). The number of aliphatic hydroxyl groups excluding tert-OH is 5. The average molecular weight is 1700 g/mol. The fourth-order valence-electron chi connectivity index (χ4n) is 12.3. The van der Waals surface area contributed by atoms with Crippen LogP contribution in [0.4, 0.5) is 0 Å². The standard InChI is InChI=1S/C74H107N17O29/c1-8-33(4)57(88-63(108)43(19-21-53(100)101)79-61(106)41(75)30-92)69(114)82-45(24-37-15-17-39(97)18-16-37)64(109)85-49(31-93)66(111)84-48(26-51(76)98)73(118)91-23-11-14-50(91)67(112)81-47(27-55(104)105)62(107)78-29-52(99)86-58(34(5)94)70(115)83-46(25-38-28-77-42-13-10-9-12-40(38)42)65(110)89-60(36(7)96)72(117)87-56(32(2)3)68(113)90-59(35(6)95)71(116)80-44(74(119)120)20-22-54(102)103/h9-10,12-13,15-18,28,32-36,41,43-50,56-60,77,92-97H,8,11,14,19-27,29-31,75H2,1-7H3,(H2,76,98)(H,78,107)(H,79,106)(H,80,116)(H,81,112)(H,82,114)(H,83,115)(H,84,111)(H,85,109)(H,86,99)(H,87,117)(H,88,108)(H,89,110)(H,90,113)(H,100,101)(H,102,103)(H,104,105)(H,119,120)/t33-,34+,35+,36+,41-,43-,44-,45-,46-,47-,48-,49-,50-,56-,57-,58-,59-,60-/m0/s1. The number of nitrogens with zero attached hydrogens (tertiary/aromatic N) is 1. The van der Waals surface area contributed by atoms with E-state index in [1.54, 1.807) is 31.2 Å². The minimum atomic E-state index is -2.06. The van der Waals surface area contributed by atoms with E-state index in [0.717, 1.165) is 25.7 Å². The molecule has 0 bridgehead atoms. The molecule has 3 aromatic rings. The molecule has 46 heteroatoms. The molecule has 1 aromatic heterocycles. The summed E-state index contributed by atoms with van der Waals surface area (Å²) in [5, 5.41) is 130. The minimum absolute atomic E-state index is 0.0257. The lowest BCUT2D eigenvalue weighted by Gasteiger charge is -2.30. The Kier molecular flexibility index (Phi) is 39.7. The fourth-order valence-corrected chi connectivity index (χ4v) is 12.3. The van der Waals surface area contributed by atoms with Crippen LogP contribution >= 0.6 is 0 Å². The number of rotatable bonds is 50. The Morgan fingerprint density at radius 1 is 0.492 bits per heavy atom. The molecule has 120 heavy (non-hydrogen) atoms. The van der Waals surface area contributed by atoms with Gasteiger partial charge in [-0.3, -0.25) is 86.3 Å². The van der Waals surface area contributed by atoms with Crippen molar-refractivity contribution in [1.29, 1.82) is 0 Å². The third kappa shape index (κ3) is 31.1. The van der Waals surface area contributed by atoms with Crippen molar-refractivity contribution in [3.8, 4) is 5.75 Å². The molecule has 1 aliphatic heterocycles. The molecule has 1 aliphatic rings. The molecule has 2 aromatic carbocycles. The number of aromatic nitrogens is 1. The van der Waals surface area contributed by atoms with E-state index in [9.17, 15) is 137 Å². The number of hydrogen-bond donors (Lipinski definition) is 26. The van der Waals surface area contributed by atoms with Crippen LogP contribution in [0.3, 0.4) is 0 Å². The smallest absolute Gasteiger partial charge is 0.326 e. The van der Waals surface area contributed by atoms with E-state index in [1.807, 2.05) is 5.32 Å². The van der Waals surface area contributed by atoms with Crippen LogP contribution in [0.5, 0.6) is 5.75 Å². The van der Waals surface area contributed by atoms with Crippen molar-refractivity contribution in [2.75, 3.05) is 26.3 Å². The maximum Gasteiger partial charge on any atom is 0.326 e. The topological polar surface area (TPSA) is 754 Å². The number of carboxylic acid groups (broad SMARTS) is 4. The number of benzene rings is 2. The number of likely N-dealkylation sites (tertiary alicyclic amines) is 1. The van der Waals surface area contributed by atoms with Gasteiger partial charge in [-0.15, -0.1) is 0 Å². The quantitative estimate of drug-likeness (QED) is 0.0250. The van der Waals surface area contributed by atoms with Gasteiger partial charge in [-0.1, -0.05) is 64.4 Å². The first kappa shape index (κ1) is 99.8. The third-order valence-electron chi connectivity index (χ3n) is 19.2. The minimum Gasteiger partial charge on any atom is -0.508 e. The number of amides is 15. The van der Waals surface area contributed by atoms with Crippen molar-refractivity contribution in [3.63, 3.8) is 0 Å². The van der Waals surface area contributed by atoms with E-state index in [2.05, 4.69) is 68.8 Å². The highest BCUT2D eigenvalue weighted by Crippen LogP contribution is 2.23. The van der Waals surface area contributed by atoms with Gasteiger partial charge in [-0.2, -0.15) is 0 Å². The molecule has 0 radical (unpaired) electrons. The molecule has 1 saturated heterocycles. The Morgan fingerprint density at radius 2 is 0.958 bits per heavy atom. The molecular weight excluding hydrogens is 1590 g/mol. The van der Waals surface area contributed by atoms with Gasteiger partial charge in [0.05, 0.1) is 50.9 Å². The summed E-state index contributed by atoms with van der Waals surface area (Å²) in [4.78, 5) is 258. The number of carboxylic acids is 4. The lowest BCUT2D eigenvalue weighted by atomic mass is 9.96. The summed E-state index contributed by atoms with van der Waals surface area (Å²) >= 11 is 0. The van der Waals surface area contributed by atoms with Crippen LogP contribution in [0.25, 0.3) is 10.9 Å². The van der Waals surface area contributed by atoms with Crippen molar-refractivity contribution >= 4 is 123 Å². The van der Waals surface area contributed by atoms with Gasteiger partial charge in [0.1, 0.15) is 90.3 Å². The number of fused-ring (bicyclic) bond motifs is 1. The van der Waals surface area contributed by atoms with Crippen molar-refractivity contribution in [1.82, 2.24) is 79.0 Å². The van der Waals surface area contributed by atoms with Crippen LogP contribution in [-0.4, -0.2) is 303 Å². The van der Waals surface area contributed by atoms with Gasteiger partial charge in [0.15, 0.2) is 0 Å². The molecular formula is C74H107N17O29. The Hall–Kier alpha value is -12.5. The van der Waals surface area contributed by atoms with E-state index in [4.69, 9.17) is 16.6 Å². The lowest BCUT2D eigenvalue weighted by Crippen LogP contribution is -2.63. The first-order chi connectivity index (χ1) is 56.3. The molecule has 2 heterocycles. The molecule has 0 unspecified atom stereocenters. The van der Waals surface area contributed by atoms with Gasteiger partial charge in [0.25, 0.3) is 0 Å². The largest absolute Gasteiger partial charge is 0.508 e. The zero-order valence-corrected chi connectivity index (χ0v) is 66.6. The highest BCUT2D eigenvalue weighted by Gasteiger charge is 2.43. The second-order valence-corrected chi connectivity index (χ2v) is 29.1. The average Bonchev–Trinajstić information content (AvgIpc) is 1.79. The summed E-state index contributed by atoms with van der Waals surface area (Å²) in [7, 11) is 0. The van der Waals surface area contributed by atoms with E-state index in [0.29, 0.717) is 16.5 Å². The molecule has 0 aliphatic carbocycles. The molecule has 15 amide bonds. The third-order valence-corrected chi connectivity index (χ3v) is 19.2. The van der Waals surface area contributed by atoms with Crippen LogP contribution < -0.4 is 80.6 Å². The molecule has 662 valence electrons. The summed E-state index contributed by atoms with van der Waals surface area (Å²) in [6, 6.07) is -13.3. The Balaban J connectivity index is 1.52. The van der Waals surface area contributed by atoms with Crippen LogP contribution in [0.15, 0.2) is 54.7 Å². The molecule has 0 spiro atoms. The van der Waals surface area contributed by atoms with Crippen LogP contribution in [0, 0.1) is 11.8 Å². The zero-order chi connectivity index (χ0) is 90.3. The predicted molar refractivity (Wildman–Crippen MR) is 414 cm³/mol. The van der Waals surface area contributed by atoms with Gasteiger partial charge < -0.3 is 142 Å². The van der Waals surface area contributed by atoms with Gasteiger partial charge in [-0.05, 0) is 87.6 Å². The van der Waals surface area contributed by atoms with E-state index in [1.165, 1.54) is 51.2 Å². The molecule has 0 saturated carbocycles. The number of carbonyl (C=O) groups is 19. The van der Waals surface area contributed by atoms with Crippen molar-refractivity contribution < 1.29 is 142 Å². The van der Waals surface area contributed by atoms with E-state index >= 15 is 0 Å². The summed E-state index contributed by atoms with van der Waals surface area (Å²) in [5.41, 5.74) is 12.3. The highest BCUT2D eigenvalue weighted by atomic mass is 16.4. The number of H-pyrrole nitrogens is 1. The number of phenols is 1. The van der Waals surface area contributed by atoms with Crippen molar-refractivity contribution in [2.45, 2.75) is 222 Å². The highest BCUT2D eigenvalue weighted by molar-refractivity contribution is 6.02. The number of aliphatic hydroxyl groups is 5. The van der Waals surface area contributed by atoms with Gasteiger partial charge in [0.2, 0.25) is 88.6 Å². The SMILES string of the molecule is CC[C@H](C)[C@H](NC(=O)[C@H](CCC(=O)O)NC(=O)[C@@H](N)CO)C(=O)N[C@@H](Cc1ccc(O)cc1)C(=O)N[C@@H](CO)C(=O)N[C@@H](CC(N)=O)C(=O)N1CCC[C@H]1C(=O)N[C@@H](CC(=O)O)C(=O)NCC(=O)N[C@H](C(=O)N[C@@H](Cc1c[nH]c2ccccc12)C(=O)N[C@H](C(=O)N[C@H](C(=O)N[C@H](C(=O)N[C@@H](CCC(=O)O)C(=O)O)[C@@H](C)O)C(C)C)[C@@H](C)O)[C@@H](C)O. The first-order valence-corrected chi connectivity index (χ1v) is 38.1. The van der Waals surface area contributed by atoms with Crippen LogP contribution in [-0.2, 0) is 104 Å². The first-order valence-electron chi connectivity index (χ1n) is 38.1. The Bertz CT molecular complexity index is 4180. The summed E-state index contributed by atoms with van der Waals surface area (Å²) < 4.78 is 0. The monoisotopic (exact) mass is 1700 g/mol. The van der Waals surface area contributed by atoms with Crippen molar-refractivity contribution in [2.24, 2.45) is 23.3 Å². The molecule has 46 nitrogen and oxygen atoms in total. The number of primary amides is 1. The summed E-state index contributed by atoms with van der Waals surface area (Å²) in [5.74, 6) is -25.9. The van der Waals surface area contributed by atoms with Crippen LogP contribution in [0.2, 0.25) is 0 Å². The maximum absolute atomic E-state index is 14.5. The number of carbonyl (C=O) groups excluding carboxylic acids is 15. The predicted octanol–water partition coefficient (Wildman–Crippen LogP) is -9.10. The molecule has 1 fully saturated rings. The van der Waals surface area contributed by atoms with Gasteiger partial charge in [-0.25, -0.2) is 4.79 Å². The number of aromatic amines is 1. The number of para-hydroxylation sites is 1. The van der Waals surface area contributed by atoms with E-state index in [-0.39, 0.29) is 37.1 Å². The molecule has 18 atom stereocenters. The number of aliphatic carboxylic acids is 4. The maximum atomic E-state index is 14.5. The van der Waals surface area contributed by atoms with Crippen molar-refractivity contribution in [3.05, 3.63) is 65.9 Å². The Labute approximate surface area is 685 Å². The lowest BCUT2D eigenvalue weighted by molar-refractivity contribution is -0.144. The summed E-state index contributed by atoms with van der Waals surface area (Å²) in [6.07, 6.45) is -9.30. The normalized spacial score (nSPS) is 16.8. The van der Waals surface area contributed by atoms with Gasteiger partial charge >= 0.3 is 23.9 Å². The summed E-state index contributed by atoms with van der Waals surface area (Å²) in [6.45, 7) is 5.66. The second-order valence-electron chi connectivity index (χ2n) is 29.1. The second kappa shape index (κ2) is 47.8. The number of nitrogens with two attached hydrogens (primary N) is 2. The fraction of sp³-hybridized carbons (Fsp3) is 0.554. The number of phenolic OH excluding ortho intramolecular Hbond substituents is 1. The number of hydrogen-bond acceptors (Lipinski definition) is 26. The number of aromatic hydroxyl groups is 1. The zero-order valence-electron chi connectivity index (χ0n) is 66.6. The van der Waals surface area contributed by atoms with Crippen LogP contribution in [0.1, 0.15) is 117 Å². The Morgan fingerprint density at radius 3 is 1.49 bits per heavy atom.